The quantitative estimate of drug-likeness (QED) is 0.638. The maximum absolute atomic E-state index is 12.5. The summed E-state index contributed by atoms with van der Waals surface area (Å²) in [6, 6.07) is 12.8. The van der Waals surface area contributed by atoms with Crippen molar-refractivity contribution >= 4 is 32.9 Å². The smallest absolute Gasteiger partial charge is 0.240 e. The van der Waals surface area contributed by atoms with Gasteiger partial charge in [-0.1, -0.05) is 29.8 Å². The summed E-state index contributed by atoms with van der Waals surface area (Å²) in [5, 5.41) is 2.77. The minimum absolute atomic E-state index is 0.00777. The van der Waals surface area contributed by atoms with Crippen LogP contribution in [0.5, 0.6) is 0 Å². The van der Waals surface area contributed by atoms with E-state index < -0.39 is 10.0 Å². The van der Waals surface area contributed by atoms with Crippen LogP contribution in [0, 0.1) is 13.8 Å². The summed E-state index contributed by atoms with van der Waals surface area (Å²) in [7, 11) is -3.66. The maximum atomic E-state index is 12.5. The standard InChI is InChI=1S/C20H24N4O3S/c1-4-24-17-8-6-5-7-16(17)22-20(24)23-19(25)11-12-21-28(26,27)18-10-9-14(2)13-15(18)3/h5-10,13,21H,4,11-12H2,1-3H3,(H,22,23,25). The van der Waals surface area contributed by atoms with Crippen molar-refractivity contribution in [3.63, 3.8) is 0 Å². The highest BCUT2D eigenvalue weighted by Crippen LogP contribution is 2.19. The number of hydrogen-bond acceptors (Lipinski definition) is 4. The van der Waals surface area contributed by atoms with Crippen molar-refractivity contribution in [2.45, 2.75) is 38.6 Å². The van der Waals surface area contributed by atoms with Gasteiger partial charge in [-0.2, -0.15) is 0 Å². The zero-order valence-electron chi connectivity index (χ0n) is 16.2. The molecule has 0 saturated heterocycles. The fourth-order valence-electron chi connectivity index (χ4n) is 3.16. The Labute approximate surface area is 164 Å². The van der Waals surface area contributed by atoms with Gasteiger partial charge in [-0.05, 0) is 44.5 Å². The number of aromatic nitrogens is 2. The minimum Gasteiger partial charge on any atom is -0.310 e. The van der Waals surface area contributed by atoms with E-state index in [0.717, 1.165) is 16.6 Å². The van der Waals surface area contributed by atoms with E-state index >= 15 is 0 Å². The molecule has 1 amide bonds. The molecule has 2 aromatic carbocycles. The largest absolute Gasteiger partial charge is 0.310 e. The van der Waals surface area contributed by atoms with Crippen LogP contribution >= 0.6 is 0 Å². The molecule has 7 nitrogen and oxygen atoms in total. The van der Waals surface area contributed by atoms with E-state index in [1.807, 2.05) is 48.7 Å². The van der Waals surface area contributed by atoms with Gasteiger partial charge >= 0.3 is 0 Å². The normalized spacial score (nSPS) is 11.7. The average molecular weight is 401 g/mol. The van der Waals surface area contributed by atoms with Crippen LogP contribution in [0.3, 0.4) is 0 Å². The first-order valence-corrected chi connectivity index (χ1v) is 10.6. The summed E-state index contributed by atoms with van der Waals surface area (Å²) in [5.74, 6) is 0.166. The van der Waals surface area contributed by atoms with Crippen LogP contribution in [0.15, 0.2) is 47.4 Å². The maximum Gasteiger partial charge on any atom is 0.240 e. The molecule has 3 aromatic rings. The number of carbonyl (C=O) groups excluding carboxylic acids is 1. The second kappa shape index (κ2) is 8.12. The fourth-order valence-corrected chi connectivity index (χ4v) is 4.41. The number of nitrogens with zero attached hydrogens (tertiary/aromatic N) is 2. The summed E-state index contributed by atoms with van der Waals surface area (Å²) in [5.41, 5.74) is 3.41. The van der Waals surface area contributed by atoms with Crippen molar-refractivity contribution < 1.29 is 13.2 Å². The van der Waals surface area contributed by atoms with Gasteiger partial charge in [0.05, 0.1) is 15.9 Å². The van der Waals surface area contributed by atoms with Crippen molar-refractivity contribution in [3.8, 4) is 0 Å². The lowest BCUT2D eigenvalue weighted by molar-refractivity contribution is -0.116. The lowest BCUT2D eigenvalue weighted by Gasteiger charge is -2.10. The van der Waals surface area contributed by atoms with Crippen molar-refractivity contribution in [2.75, 3.05) is 11.9 Å². The third-order valence-electron chi connectivity index (χ3n) is 4.49. The van der Waals surface area contributed by atoms with Gasteiger partial charge in [0.1, 0.15) is 0 Å². The van der Waals surface area contributed by atoms with Crippen LogP contribution in [0.2, 0.25) is 0 Å². The number of carbonyl (C=O) groups is 1. The van der Waals surface area contributed by atoms with E-state index in [1.165, 1.54) is 0 Å². The van der Waals surface area contributed by atoms with Gasteiger partial charge in [0.15, 0.2) is 0 Å². The summed E-state index contributed by atoms with van der Waals surface area (Å²) < 4.78 is 29.3. The van der Waals surface area contributed by atoms with Crippen LogP contribution in [-0.4, -0.2) is 30.4 Å². The molecule has 0 atom stereocenters. The first-order chi connectivity index (χ1) is 13.3. The minimum atomic E-state index is -3.66. The van der Waals surface area contributed by atoms with E-state index in [0.29, 0.717) is 18.1 Å². The number of para-hydroxylation sites is 2. The predicted molar refractivity (Wildman–Crippen MR) is 110 cm³/mol. The molecule has 2 N–H and O–H groups in total. The first-order valence-electron chi connectivity index (χ1n) is 9.14. The summed E-state index contributed by atoms with van der Waals surface area (Å²) in [6.07, 6.45) is 0.0110. The molecule has 148 valence electrons. The van der Waals surface area contributed by atoms with Gasteiger partial charge in [-0.15, -0.1) is 0 Å². The summed E-state index contributed by atoms with van der Waals surface area (Å²) in [6.45, 7) is 6.30. The highest BCUT2D eigenvalue weighted by molar-refractivity contribution is 7.89. The molecule has 0 fully saturated rings. The Hall–Kier alpha value is -2.71. The molecule has 0 bridgehead atoms. The van der Waals surface area contributed by atoms with Gasteiger partial charge in [-0.25, -0.2) is 18.1 Å². The Morgan fingerprint density at radius 3 is 2.61 bits per heavy atom. The third kappa shape index (κ3) is 4.23. The van der Waals surface area contributed by atoms with Gasteiger partial charge in [0.2, 0.25) is 21.9 Å². The molecular weight excluding hydrogens is 376 g/mol. The number of amides is 1. The second-order valence-corrected chi connectivity index (χ2v) is 8.37. The number of sulfonamides is 1. The molecule has 0 saturated carbocycles. The van der Waals surface area contributed by atoms with Crippen molar-refractivity contribution in [3.05, 3.63) is 53.6 Å². The van der Waals surface area contributed by atoms with E-state index in [4.69, 9.17) is 0 Å². The Morgan fingerprint density at radius 1 is 1.14 bits per heavy atom. The lowest BCUT2D eigenvalue weighted by atomic mass is 10.2. The number of anilines is 1. The molecule has 1 aromatic heterocycles. The zero-order chi connectivity index (χ0) is 20.3. The number of imidazole rings is 1. The number of aryl methyl sites for hydroxylation is 3. The van der Waals surface area contributed by atoms with Crippen molar-refractivity contribution in [1.82, 2.24) is 14.3 Å². The third-order valence-corrected chi connectivity index (χ3v) is 6.11. The SMILES string of the molecule is CCn1c(NC(=O)CCNS(=O)(=O)c2ccc(C)cc2C)nc2ccccc21. The zero-order valence-corrected chi connectivity index (χ0v) is 17.0. The average Bonchev–Trinajstić information content (AvgIpc) is 2.97. The van der Waals surface area contributed by atoms with Gasteiger partial charge in [0.25, 0.3) is 0 Å². The molecule has 1 heterocycles. The number of benzene rings is 2. The molecule has 0 spiro atoms. The number of fused-ring (bicyclic) bond motifs is 1. The Morgan fingerprint density at radius 2 is 1.89 bits per heavy atom. The molecule has 0 aliphatic carbocycles. The first kappa shape index (κ1) is 20.0. The number of hydrogen-bond donors (Lipinski definition) is 2. The fraction of sp³-hybridized carbons (Fsp3) is 0.300. The molecule has 3 rings (SSSR count). The van der Waals surface area contributed by atoms with Gasteiger partial charge < -0.3 is 4.57 Å². The van der Waals surface area contributed by atoms with Crippen LogP contribution in [-0.2, 0) is 21.4 Å². The molecule has 0 radical (unpaired) electrons. The van der Waals surface area contributed by atoms with Crippen LogP contribution in [0.4, 0.5) is 5.95 Å². The summed E-state index contributed by atoms with van der Waals surface area (Å²) >= 11 is 0. The Bertz CT molecular complexity index is 1120. The number of nitrogens with one attached hydrogen (secondary N) is 2. The van der Waals surface area contributed by atoms with E-state index in [2.05, 4.69) is 15.0 Å². The van der Waals surface area contributed by atoms with Gasteiger partial charge in [0, 0.05) is 19.5 Å². The van der Waals surface area contributed by atoms with E-state index in [-0.39, 0.29) is 23.8 Å². The second-order valence-electron chi connectivity index (χ2n) is 6.63. The van der Waals surface area contributed by atoms with Crippen LogP contribution in [0.1, 0.15) is 24.5 Å². The van der Waals surface area contributed by atoms with E-state index in [9.17, 15) is 13.2 Å². The molecule has 8 heteroatoms. The van der Waals surface area contributed by atoms with Crippen LogP contribution in [0.25, 0.3) is 11.0 Å². The molecular formula is C20H24N4O3S. The lowest BCUT2D eigenvalue weighted by Crippen LogP contribution is -2.28. The highest BCUT2D eigenvalue weighted by atomic mass is 32.2. The van der Waals surface area contributed by atoms with Crippen LogP contribution < -0.4 is 10.0 Å². The highest BCUT2D eigenvalue weighted by Gasteiger charge is 2.17. The van der Waals surface area contributed by atoms with Crippen molar-refractivity contribution in [2.24, 2.45) is 0 Å². The molecule has 28 heavy (non-hydrogen) atoms. The Balaban J connectivity index is 1.63. The monoisotopic (exact) mass is 400 g/mol. The van der Waals surface area contributed by atoms with Gasteiger partial charge in [-0.3, -0.25) is 10.1 Å². The van der Waals surface area contributed by atoms with E-state index in [1.54, 1.807) is 19.1 Å². The number of rotatable bonds is 7. The molecule has 0 aliphatic heterocycles. The Kier molecular flexibility index (Phi) is 5.81. The molecule has 0 unspecified atom stereocenters. The topological polar surface area (TPSA) is 93.1 Å². The predicted octanol–water partition coefficient (Wildman–Crippen LogP) is 2.98. The molecule has 0 aliphatic rings. The van der Waals surface area contributed by atoms with Crippen molar-refractivity contribution in [1.29, 1.82) is 0 Å². The summed E-state index contributed by atoms with van der Waals surface area (Å²) in [4.78, 5) is 17.0.